The fourth-order valence-electron chi connectivity index (χ4n) is 6.02. The zero-order valence-electron chi connectivity index (χ0n) is 19.7. The fourth-order valence-corrected chi connectivity index (χ4v) is 6.02. The SMILES string of the molecule is CCC(=O)OC1=c2ccc3c4c5c(c(=O)c(=O)c6ccc7ccc(c(c24)c7c65)C1OC(=O)CC)CC=3. The Morgan fingerprint density at radius 3 is 2.36 bits per heavy atom. The Hall–Kier alpha value is -4.32. The van der Waals surface area contributed by atoms with Gasteiger partial charge in [0.15, 0.2) is 11.9 Å². The number of hydrogen-bond acceptors (Lipinski definition) is 6. The Morgan fingerprint density at radius 2 is 1.58 bits per heavy atom. The summed E-state index contributed by atoms with van der Waals surface area (Å²) in [7, 11) is 0. The molecule has 1 atom stereocenters. The third kappa shape index (κ3) is 2.46. The molecule has 7 rings (SSSR count). The lowest BCUT2D eigenvalue weighted by atomic mass is 9.79. The topological polar surface area (TPSA) is 86.7 Å². The molecule has 1 unspecified atom stereocenters. The van der Waals surface area contributed by atoms with Gasteiger partial charge in [-0.25, -0.2) is 0 Å². The van der Waals surface area contributed by atoms with Crippen LogP contribution in [0.3, 0.4) is 0 Å². The molecule has 2 aliphatic rings. The van der Waals surface area contributed by atoms with Crippen LogP contribution in [-0.2, 0) is 25.5 Å². The second kappa shape index (κ2) is 7.10. The summed E-state index contributed by atoms with van der Waals surface area (Å²) < 4.78 is 11.7. The minimum atomic E-state index is -0.910. The molecule has 0 amide bonds. The summed E-state index contributed by atoms with van der Waals surface area (Å²) in [6, 6.07) is 11.3. The molecule has 0 aliphatic heterocycles. The molecule has 0 radical (unpaired) electrons. The smallest absolute Gasteiger partial charge is 0.310 e. The zero-order chi connectivity index (χ0) is 24.9. The van der Waals surface area contributed by atoms with Gasteiger partial charge in [-0.05, 0) is 44.6 Å². The predicted molar refractivity (Wildman–Crippen MR) is 138 cm³/mol. The Balaban J connectivity index is 1.82. The Bertz CT molecular complexity index is 2070. The van der Waals surface area contributed by atoms with E-state index in [4.69, 9.17) is 9.47 Å². The Labute approximate surface area is 203 Å². The normalized spacial score (nSPS) is 15.9. The molecule has 0 spiro atoms. The summed E-state index contributed by atoms with van der Waals surface area (Å²) in [6.45, 7) is 3.42. The highest BCUT2D eigenvalue weighted by atomic mass is 16.6. The van der Waals surface area contributed by atoms with Gasteiger partial charge in [0, 0.05) is 45.3 Å². The highest BCUT2D eigenvalue weighted by Crippen LogP contribution is 2.46. The van der Waals surface area contributed by atoms with Gasteiger partial charge in [0.25, 0.3) is 0 Å². The summed E-state index contributed by atoms with van der Waals surface area (Å²) in [6.07, 6.45) is 1.78. The highest BCUT2D eigenvalue weighted by molar-refractivity contribution is 6.36. The fraction of sp³-hybridized carbons (Fsp3) is 0.200. The van der Waals surface area contributed by atoms with Gasteiger partial charge in [0.2, 0.25) is 10.9 Å². The van der Waals surface area contributed by atoms with Crippen LogP contribution in [0.2, 0.25) is 0 Å². The second-order valence-corrected chi connectivity index (χ2v) is 9.40. The molecule has 0 bridgehead atoms. The molecule has 6 heteroatoms. The number of esters is 2. The molecular formula is C30H20O6. The van der Waals surface area contributed by atoms with Crippen molar-refractivity contribution in [3.8, 4) is 0 Å². The number of hydrogen-bond donors (Lipinski definition) is 0. The molecule has 5 aromatic carbocycles. The Morgan fingerprint density at radius 1 is 0.806 bits per heavy atom. The predicted octanol–water partition coefficient (Wildman–Crippen LogP) is 3.30. The minimum Gasteiger partial charge on any atom is -0.449 e. The van der Waals surface area contributed by atoms with Crippen molar-refractivity contribution in [1.82, 2.24) is 0 Å². The van der Waals surface area contributed by atoms with E-state index in [0.29, 0.717) is 28.2 Å². The van der Waals surface area contributed by atoms with Gasteiger partial charge in [-0.3, -0.25) is 19.2 Å². The second-order valence-electron chi connectivity index (χ2n) is 9.40. The van der Waals surface area contributed by atoms with E-state index in [2.05, 4.69) is 0 Å². The first kappa shape index (κ1) is 21.0. The van der Waals surface area contributed by atoms with Crippen LogP contribution in [0.1, 0.15) is 43.9 Å². The summed E-state index contributed by atoms with van der Waals surface area (Å²) in [5.74, 6) is -0.569. The van der Waals surface area contributed by atoms with E-state index in [1.54, 1.807) is 19.9 Å². The lowest BCUT2D eigenvalue weighted by Crippen LogP contribution is -2.32. The van der Waals surface area contributed by atoms with Gasteiger partial charge >= 0.3 is 11.9 Å². The summed E-state index contributed by atoms with van der Waals surface area (Å²) in [4.78, 5) is 51.3. The largest absolute Gasteiger partial charge is 0.449 e. The third-order valence-corrected chi connectivity index (χ3v) is 7.60. The van der Waals surface area contributed by atoms with Gasteiger partial charge in [0.05, 0.1) is 0 Å². The van der Waals surface area contributed by atoms with Crippen LogP contribution in [0, 0.1) is 0 Å². The monoisotopic (exact) mass is 476 g/mol. The minimum absolute atomic E-state index is 0.163. The summed E-state index contributed by atoms with van der Waals surface area (Å²) >= 11 is 0. The zero-order valence-corrected chi connectivity index (χ0v) is 19.7. The maximum absolute atomic E-state index is 13.1. The standard InChI is InChI=1S/C30H20O6/c1-3-19(31)35-29-17-11-7-13-5-9-15-23-21(13)25(17)26-18(30(29)36-20(32)4-2)12-8-14-6-10-16(24(23)22(14)26)28(34)27(15)33/h5-9,11-12,29H,3-4,10H2,1-2H3. The number of rotatable bonds is 4. The van der Waals surface area contributed by atoms with E-state index in [9.17, 15) is 19.2 Å². The van der Waals surface area contributed by atoms with Crippen LogP contribution >= 0.6 is 0 Å². The van der Waals surface area contributed by atoms with Gasteiger partial charge in [-0.2, -0.15) is 0 Å². The number of carbonyl (C=O) groups is 2. The van der Waals surface area contributed by atoms with Crippen molar-refractivity contribution in [2.24, 2.45) is 0 Å². The van der Waals surface area contributed by atoms with Crippen molar-refractivity contribution < 1.29 is 19.1 Å². The van der Waals surface area contributed by atoms with E-state index >= 15 is 0 Å². The molecule has 0 aromatic heterocycles. The highest BCUT2D eigenvalue weighted by Gasteiger charge is 2.34. The van der Waals surface area contributed by atoms with E-state index < -0.39 is 28.9 Å². The van der Waals surface area contributed by atoms with Gasteiger partial charge in [-0.1, -0.05) is 50.3 Å². The van der Waals surface area contributed by atoms with Crippen molar-refractivity contribution in [2.45, 2.75) is 39.2 Å². The summed E-state index contributed by atoms with van der Waals surface area (Å²) in [5, 5.41) is 7.97. The van der Waals surface area contributed by atoms with Crippen LogP contribution in [0.4, 0.5) is 0 Å². The molecule has 0 saturated heterocycles. The molecule has 0 saturated carbocycles. The van der Waals surface area contributed by atoms with Crippen molar-refractivity contribution >= 4 is 66.9 Å². The van der Waals surface area contributed by atoms with Gasteiger partial charge in [0.1, 0.15) is 0 Å². The number of ether oxygens (including phenoxy) is 2. The van der Waals surface area contributed by atoms with Crippen LogP contribution < -0.4 is 21.3 Å². The van der Waals surface area contributed by atoms with Crippen LogP contribution in [-0.4, -0.2) is 11.9 Å². The lowest BCUT2D eigenvalue weighted by molar-refractivity contribution is -0.149. The molecule has 0 fully saturated rings. The first-order valence-corrected chi connectivity index (χ1v) is 12.1. The molecule has 5 aromatic rings. The summed E-state index contributed by atoms with van der Waals surface area (Å²) in [5.41, 5.74) is 0.244. The molecule has 176 valence electrons. The third-order valence-electron chi connectivity index (χ3n) is 7.60. The van der Waals surface area contributed by atoms with Crippen molar-refractivity contribution in [2.75, 3.05) is 0 Å². The van der Waals surface area contributed by atoms with Crippen LogP contribution in [0.15, 0.2) is 46.0 Å². The number of carbonyl (C=O) groups excluding carboxylic acids is 2. The quantitative estimate of drug-likeness (QED) is 0.171. The van der Waals surface area contributed by atoms with E-state index in [0.717, 1.165) is 42.9 Å². The molecule has 0 N–H and O–H groups in total. The average Bonchev–Trinajstić information content (AvgIpc) is 2.90. The molecule has 6 nitrogen and oxygen atoms in total. The van der Waals surface area contributed by atoms with Gasteiger partial charge < -0.3 is 9.47 Å². The van der Waals surface area contributed by atoms with Crippen LogP contribution in [0.5, 0.6) is 0 Å². The molecule has 0 heterocycles. The van der Waals surface area contributed by atoms with Crippen molar-refractivity contribution in [3.63, 3.8) is 0 Å². The van der Waals surface area contributed by atoms with Crippen molar-refractivity contribution in [3.05, 3.63) is 78.4 Å². The van der Waals surface area contributed by atoms with E-state index in [1.165, 1.54) is 0 Å². The van der Waals surface area contributed by atoms with E-state index in [-0.39, 0.29) is 18.6 Å². The maximum atomic E-state index is 13.1. The van der Waals surface area contributed by atoms with Crippen LogP contribution in [0.25, 0.3) is 54.9 Å². The van der Waals surface area contributed by atoms with E-state index in [1.807, 2.05) is 36.4 Å². The first-order chi connectivity index (χ1) is 17.4. The molecule has 36 heavy (non-hydrogen) atoms. The first-order valence-electron chi connectivity index (χ1n) is 12.1. The lowest BCUT2D eigenvalue weighted by Gasteiger charge is -2.29. The number of benzene rings is 5. The van der Waals surface area contributed by atoms with Gasteiger partial charge in [-0.15, -0.1) is 0 Å². The van der Waals surface area contributed by atoms with Crippen molar-refractivity contribution in [1.29, 1.82) is 0 Å². The Kier molecular flexibility index (Phi) is 4.14. The average molecular weight is 476 g/mol. The molecule has 2 aliphatic carbocycles. The molecular weight excluding hydrogens is 456 g/mol. The maximum Gasteiger partial charge on any atom is 0.310 e.